The van der Waals surface area contributed by atoms with Gasteiger partial charge in [-0.3, -0.25) is 10.1 Å². The number of nitro benzene ring substituents is 1. The number of ether oxygens (including phenoxy) is 1. The number of hydrogen-bond donors (Lipinski definition) is 0. The first-order valence-electron chi connectivity index (χ1n) is 7.02. The number of carbonyl (C=O) groups excluding carboxylic acids is 1. The molecule has 0 aliphatic carbocycles. The zero-order chi connectivity index (χ0) is 19.1. The van der Waals surface area contributed by atoms with Gasteiger partial charge in [-0.2, -0.15) is 18.3 Å². The predicted molar refractivity (Wildman–Crippen MR) is 81.4 cm³/mol. The van der Waals surface area contributed by atoms with Crippen LogP contribution in [-0.2, 0) is 10.9 Å². The molecule has 0 unspecified atom stereocenters. The van der Waals surface area contributed by atoms with E-state index in [9.17, 15) is 28.1 Å². The summed E-state index contributed by atoms with van der Waals surface area (Å²) in [7, 11) is 1.08. The fraction of sp³-hybridized carbons (Fsp3) is 0.133. The lowest BCUT2D eigenvalue weighted by Gasteiger charge is -2.10. The van der Waals surface area contributed by atoms with Crippen molar-refractivity contribution in [2.75, 3.05) is 7.11 Å². The number of hydrogen-bond acceptors (Lipinski definition) is 6. The topological polar surface area (TPSA) is 99.6 Å². The molecule has 3 rings (SSSR count). The van der Waals surface area contributed by atoms with Gasteiger partial charge in [-0.25, -0.2) is 14.3 Å². The molecule has 1 aromatic carbocycles. The molecule has 0 fully saturated rings. The third-order valence-corrected chi connectivity index (χ3v) is 3.49. The highest BCUT2D eigenvalue weighted by atomic mass is 19.4. The van der Waals surface area contributed by atoms with E-state index in [-0.39, 0.29) is 28.3 Å². The number of aromatic nitrogens is 3. The van der Waals surface area contributed by atoms with Crippen molar-refractivity contribution in [3.8, 4) is 11.3 Å². The van der Waals surface area contributed by atoms with Crippen LogP contribution in [0.2, 0.25) is 0 Å². The van der Waals surface area contributed by atoms with Crippen LogP contribution in [0.4, 0.5) is 18.9 Å². The lowest BCUT2D eigenvalue weighted by Crippen LogP contribution is -2.14. The van der Waals surface area contributed by atoms with E-state index in [0.29, 0.717) is 4.52 Å². The molecule has 0 aliphatic heterocycles. The van der Waals surface area contributed by atoms with Gasteiger partial charge in [-0.15, -0.1) is 0 Å². The van der Waals surface area contributed by atoms with Gasteiger partial charge in [0.2, 0.25) is 0 Å². The van der Waals surface area contributed by atoms with Crippen LogP contribution in [0.25, 0.3) is 16.9 Å². The van der Waals surface area contributed by atoms with E-state index >= 15 is 0 Å². The minimum absolute atomic E-state index is 0.0731. The van der Waals surface area contributed by atoms with E-state index in [0.717, 1.165) is 31.4 Å². The Kier molecular flexibility index (Phi) is 4.06. The predicted octanol–water partition coefficient (Wildman–Crippen LogP) is 3.11. The van der Waals surface area contributed by atoms with Crippen LogP contribution >= 0.6 is 0 Å². The molecule has 0 amide bonds. The first-order chi connectivity index (χ1) is 12.2. The number of rotatable bonds is 3. The Morgan fingerprint density at radius 2 is 1.88 bits per heavy atom. The van der Waals surface area contributed by atoms with Gasteiger partial charge in [0.15, 0.2) is 17.0 Å². The summed E-state index contributed by atoms with van der Waals surface area (Å²) >= 11 is 0. The fourth-order valence-corrected chi connectivity index (χ4v) is 2.28. The van der Waals surface area contributed by atoms with Gasteiger partial charge >= 0.3 is 12.1 Å². The highest BCUT2D eigenvalue weighted by Gasteiger charge is 2.35. The molecule has 0 N–H and O–H groups in total. The Morgan fingerprint density at radius 1 is 1.23 bits per heavy atom. The molecule has 0 saturated heterocycles. The van der Waals surface area contributed by atoms with Crippen LogP contribution in [-0.4, -0.2) is 32.6 Å². The van der Waals surface area contributed by atoms with E-state index < -0.39 is 22.8 Å². The number of nitro groups is 1. The Hall–Kier alpha value is -3.50. The second-order valence-electron chi connectivity index (χ2n) is 5.12. The molecule has 0 atom stereocenters. The van der Waals surface area contributed by atoms with E-state index in [1.165, 1.54) is 12.1 Å². The minimum atomic E-state index is -4.77. The Balaban J connectivity index is 2.20. The van der Waals surface area contributed by atoms with Gasteiger partial charge in [0.05, 0.1) is 17.7 Å². The lowest BCUT2D eigenvalue weighted by atomic mass is 10.1. The highest BCUT2D eigenvalue weighted by molar-refractivity contribution is 5.88. The summed E-state index contributed by atoms with van der Waals surface area (Å²) in [6.45, 7) is 0. The standard InChI is InChI=1S/C15H9F3N4O4/c1-26-14(23)11-7-13-19-10(6-12(15(16,17)18)21(13)20-11)8-2-4-9(5-3-8)22(24)25/h2-7H,1H3. The number of nitrogens with zero attached hydrogens (tertiary/aromatic N) is 4. The van der Waals surface area contributed by atoms with Crippen molar-refractivity contribution in [2.24, 2.45) is 0 Å². The molecule has 2 heterocycles. The molecular formula is C15H9F3N4O4. The van der Waals surface area contributed by atoms with Crippen molar-refractivity contribution in [3.63, 3.8) is 0 Å². The van der Waals surface area contributed by atoms with Crippen molar-refractivity contribution < 1.29 is 27.6 Å². The molecule has 0 radical (unpaired) electrons. The average Bonchev–Trinajstić information content (AvgIpc) is 3.03. The molecule has 0 spiro atoms. The van der Waals surface area contributed by atoms with Crippen molar-refractivity contribution >= 4 is 17.3 Å². The molecule has 26 heavy (non-hydrogen) atoms. The SMILES string of the molecule is COC(=O)c1cc2nc(-c3ccc([N+](=O)[O-])cc3)cc(C(F)(F)F)n2n1. The van der Waals surface area contributed by atoms with Gasteiger partial charge < -0.3 is 4.74 Å². The van der Waals surface area contributed by atoms with Crippen LogP contribution in [0.5, 0.6) is 0 Å². The van der Waals surface area contributed by atoms with Crippen molar-refractivity contribution in [2.45, 2.75) is 6.18 Å². The number of carbonyl (C=O) groups is 1. The molecular weight excluding hydrogens is 357 g/mol. The molecule has 11 heteroatoms. The van der Waals surface area contributed by atoms with Crippen molar-refractivity contribution in [1.29, 1.82) is 0 Å². The molecule has 134 valence electrons. The summed E-state index contributed by atoms with van der Waals surface area (Å²) in [5.41, 5.74) is -1.73. The van der Waals surface area contributed by atoms with Crippen LogP contribution in [0, 0.1) is 10.1 Å². The normalized spacial score (nSPS) is 11.5. The number of non-ortho nitro benzene ring substituents is 1. The lowest BCUT2D eigenvalue weighted by molar-refractivity contribution is -0.384. The molecule has 2 aromatic heterocycles. The summed E-state index contributed by atoms with van der Waals surface area (Å²) in [5, 5.41) is 14.3. The van der Waals surface area contributed by atoms with Crippen LogP contribution in [0.3, 0.4) is 0 Å². The number of benzene rings is 1. The maximum absolute atomic E-state index is 13.4. The number of fused-ring (bicyclic) bond motifs is 1. The van der Waals surface area contributed by atoms with E-state index in [2.05, 4.69) is 14.8 Å². The first-order valence-corrected chi connectivity index (χ1v) is 7.02. The summed E-state index contributed by atoms with van der Waals surface area (Å²) < 4.78 is 45.1. The molecule has 8 nitrogen and oxygen atoms in total. The number of halogens is 3. The summed E-state index contributed by atoms with van der Waals surface area (Å²) in [6, 6.07) is 6.71. The smallest absolute Gasteiger partial charge is 0.433 e. The highest BCUT2D eigenvalue weighted by Crippen LogP contribution is 2.32. The van der Waals surface area contributed by atoms with Gasteiger partial charge in [-0.1, -0.05) is 0 Å². The number of alkyl halides is 3. The number of esters is 1. The first kappa shape index (κ1) is 17.3. The minimum Gasteiger partial charge on any atom is -0.464 e. The van der Waals surface area contributed by atoms with Gasteiger partial charge in [0.1, 0.15) is 0 Å². The summed E-state index contributed by atoms with van der Waals surface area (Å²) in [6.07, 6.45) is -4.77. The van der Waals surface area contributed by atoms with Crippen molar-refractivity contribution in [3.05, 3.63) is 57.9 Å². The van der Waals surface area contributed by atoms with Crippen LogP contribution < -0.4 is 0 Å². The van der Waals surface area contributed by atoms with Gasteiger partial charge in [-0.05, 0) is 18.2 Å². The summed E-state index contributed by atoms with van der Waals surface area (Å²) in [5.74, 6) is -0.902. The molecule has 0 aliphatic rings. The Labute approximate surface area is 143 Å². The summed E-state index contributed by atoms with van der Waals surface area (Å²) in [4.78, 5) is 25.6. The van der Waals surface area contributed by atoms with Crippen LogP contribution in [0.15, 0.2) is 36.4 Å². The van der Waals surface area contributed by atoms with Gasteiger partial charge in [0, 0.05) is 23.8 Å². The third-order valence-electron chi connectivity index (χ3n) is 3.49. The fourth-order valence-electron chi connectivity index (χ4n) is 2.28. The quantitative estimate of drug-likeness (QED) is 0.401. The average molecular weight is 366 g/mol. The molecule has 0 saturated carbocycles. The monoisotopic (exact) mass is 366 g/mol. The zero-order valence-corrected chi connectivity index (χ0v) is 13.0. The number of methoxy groups -OCH3 is 1. The molecule has 3 aromatic rings. The Bertz CT molecular complexity index is 1010. The van der Waals surface area contributed by atoms with E-state index in [1.54, 1.807) is 0 Å². The molecule has 0 bridgehead atoms. The van der Waals surface area contributed by atoms with Gasteiger partial charge in [0.25, 0.3) is 5.69 Å². The zero-order valence-electron chi connectivity index (χ0n) is 13.0. The van der Waals surface area contributed by atoms with E-state index in [1.807, 2.05) is 0 Å². The largest absolute Gasteiger partial charge is 0.464 e. The van der Waals surface area contributed by atoms with Crippen molar-refractivity contribution in [1.82, 2.24) is 14.6 Å². The second-order valence-corrected chi connectivity index (χ2v) is 5.12. The maximum Gasteiger partial charge on any atom is 0.433 e. The van der Waals surface area contributed by atoms with E-state index in [4.69, 9.17) is 0 Å². The second kappa shape index (κ2) is 6.10. The maximum atomic E-state index is 13.4. The third kappa shape index (κ3) is 3.06. The Morgan fingerprint density at radius 3 is 2.42 bits per heavy atom. The van der Waals surface area contributed by atoms with Crippen LogP contribution in [0.1, 0.15) is 16.2 Å².